The fourth-order valence-electron chi connectivity index (χ4n) is 5.67. The second-order valence-corrected chi connectivity index (χ2v) is 11.1. The Bertz CT molecular complexity index is 1470. The molecule has 2 aliphatic rings. The molecule has 0 bridgehead atoms. The minimum absolute atomic E-state index is 0.0665. The highest BCUT2D eigenvalue weighted by Crippen LogP contribution is 2.35. The molecule has 0 saturated carbocycles. The fraction of sp³-hybridized carbons (Fsp3) is 0.448. The lowest BCUT2D eigenvalue weighted by Crippen LogP contribution is -2.54. The molecule has 2 fully saturated rings. The molecular formula is C29H36ClN7O2. The smallest absolute Gasteiger partial charge is 0.350 e. The van der Waals surface area contributed by atoms with E-state index in [1.165, 1.54) is 6.08 Å². The second kappa shape index (κ2) is 11.0. The zero-order valence-corrected chi connectivity index (χ0v) is 23.8. The number of carbonyl (C=O) groups excluding carboxylic acids is 1. The van der Waals surface area contributed by atoms with Crippen LogP contribution in [0.15, 0.2) is 47.8 Å². The van der Waals surface area contributed by atoms with Gasteiger partial charge in [-0.2, -0.15) is 4.98 Å². The molecule has 9 nitrogen and oxygen atoms in total. The number of rotatable bonds is 5. The number of pyridine rings is 1. The molecule has 0 radical (unpaired) electrons. The molecule has 206 valence electrons. The Morgan fingerprint density at radius 1 is 1.10 bits per heavy atom. The highest BCUT2D eigenvalue weighted by molar-refractivity contribution is 6.33. The molecule has 3 aromatic rings. The predicted octanol–water partition coefficient (Wildman–Crippen LogP) is 3.58. The maximum atomic E-state index is 13.9. The van der Waals surface area contributed by atoms with E-state index in [2.05, 4.69) is 47.5 Å². The predicted molar refractivity (Wildman–Crippen MR) is 157 cm³/mol. The van der Waals surface area contributed by atoms with Crippen molar-refractivity contribution >= 4 is 40.2 Å². The van der Waals surface area contributed by atoms with E-state index in [1.54, 1.807) is 9.47 Å². The zero-order chi connectivity index (χ0) is 27.8. The van der Waals surface area contributed by atoms with Gasteiger partial charge in [-0.05, 0) is 43.5 Å². The van der Waals surface area contributed by atoms with Crippen molar-refractivity contribution in [2.75, 3.05) is 49.1 Å². The van der Waals surface area contributed by atoms with Gasteiger partial charge in [0.2, 0.25) is 5.91 Å². The lowest BCUT2D eigenvalue weighted by atomic mass is 10.0. The van der Waals surface area contributed by atoms with E-state index >= 15 is 0 Å². The third-order valence-electron chi connectivity index (χ3n) is 7.74. The van der Waals surface area contributed by atoms with Gasteiger partial charge in [0.15, 0.2) is 5.65 Å². The first-order chi connectivity index (χ1) is 18.7. The Hall–Kier alpha value is -3.43. The number of benzene rings is 1. The van der Waals surface area contributed by atoms with Crippen LogP contribution >= 0.6 is 11.6 Å². The van der Waals surface area contributed by atoms with E-state index in [9.17, 15) is 9.59 Å². The van der Waals surface area contributed by atoms with Gasteiger partial charge < -0.3 is 20.0 Å². The maximum Gasteiger partial charge on any atom is 0.355 e. The van der Waals surface area contributed by atoms with Gasteiger partial charge in [0.25, 0.3) is 0 Å². The molecule has 10 heteroatoms. The van der Waals surface area contributed by atoms with Crippen molar-refractivity contribution in [3.8, 4) is 5.69 Å². The molecule has 1 amide bonds. The average molecular weight is 550 g/mol. The highest BCUT2D eigenvalue weighted by Gasteiger charge is 2.31. The summed E-state index contributed by atoms with van der Waals surface area (Å²) >= 11 is 6.93. The van der Waals surface area contributed by atoms with Gasteiger partial charge in [-0.1, -0.05) is 50.2 Å². The van der Waals surface area contributed by atoms with E-state index in [0.717, 1.165) is 30.9 Å². The lowest BCUT2D eigenvalue weighted by Gasteiger charge is -2.40. The molecule has 2 aliphatic heterocycles. The summed E-state index contributed by atoms with van der Waals surface area (Å²) in [7, 11) is 0. The average Bonchev–Trinajstić information content (AvgIpc) is 2.92. The second-order valence-electron chi connectivity index (χ2n) is 10.7. The van der Waals surface area contributed by atoms with E-state index < -0.39 is 5.69 Å². The van der Waals surface area contributed by atoms with E-state index in [4.69, 9.17) is 16.6 Å². The number of carbonyl (C=O) groups is 1. The van der Waals surface area contributed by atoms with Crippen molar-refractivity contribution in [3.63, 3.8) is 0 Å². The number of halogens is 1. The molecule has 1 unspecified atom stereocenters. The summed E-state index contributed by atoms with van der Waals surface area (Å²) in [4.78, 5) is 41.9. The van der Waals surface area contributed by atoms with Crippen molar-refractivity contribution in [2.45, 2.75) is 45.7 Å². The number of fused-ring (bicyclic) bond motifs is 1. The number of piperazine rings is 2. The van der Waals surface area contributed by atoms with Gasteiger partial charge >= 0.3 is 5.69 Å². The molecule has 0 spiro atoms. The minimum atomic E-state index is -0.392. The van der Waals surface area contributed by atoms with E-state index in [-0.39, 0.29) is 23.9 Å². The summed E-state index contributed by atoms with van der Waals surface area (Å²) in [6.07, 6.45) is 1.34. The first-order valence-corrected chi connectivity index (χ1v) is 14.0. The lowest BCUT2D eigenvalue weighted by molar-refractivity contribution is -0.126. The summed E-state index contributed by atoms with van der Waals surface area (Å²) in [5.41, 5.74) is 1.94. The monoisotopic (exact) mass is 549 g/mol. The summed E-state index contributed by atoms with van der Waals surface area (Å²) < 4.78 is 1.63. The van der Waals surface area contributed by atoms with Crippen LogP contribution < -0.4 is 20.8 Å². The Kier molecular flexibility index (Phi) is 7.64. The van der Waals surface area contributed by atoms with Gasteiger partial charge in [-0.15, -0.1) is 0 Å². The van der Waals surface area contributed by atoms with Crippen LogP contribution in [0.4, 0.5) is 11.6 Å². The molecule has 2 saturated heterocycles. The molecule has 39 heavy (non-hydrogen) atoms. The van der Waals surface area contributed by atoms with Gasteiger partial charge in [-0.25, -0.2) is 14.3 Å². The van der Waals surface area contributed by atoms with Crippen molar-refractivity contribution in [3.05, 3.63) is 64.1 Å². The summed E-state index contributed by atoms with van der Waals surface area (Å²) in [5.74, 6) is 1.30. The number of hydrogen-bond donors (Lipinski definition) is 1. The van der Waals surface area contributed by atoms with Crippen LogP contribution in [0.2, 0.25) is 5.02 Å². The SMILES string of the molecule is C=CC(=O)N1CCN(c2nc(=O)n(-c3ccccc3C(C)C)c3nc(N4CCNCC4C)c(Cl)cc23)[C@@H](C)C1. The van der Waals surface area contributed by atoms with Crippen LogP contribution in [0.25, 0.3) is 16.7 Å². The molecule has 2 atom stereocenters. The van der Waals surface area contributed by atoms with Gasteiger partial charge in [0.05, 0.1) is 16.1 Å². The third-order valence-corrected chi connectivity index (χ3v) is 8.02. The largest absolute Gasteiger partial charge is 0.355 e. The van der Waals surface area contributed by atoms with Gasteiger partial charge in [0.1, 0.15) is 11.6 Å². The molecule has 0 aliphatic carbocycles. The number of hydrogen-bond acceptors (Lipinski definition) is 7. The minimum Gasteiger partial charge on any atom is -0.350 e. The summed E-state index contributed by atoms with van der Waals surface area (Å²) in [5, 5.41) is 4.64. The van der Waals surface area contributed by atoms with Crippen molar-refractivity contribution < 1.29 is 4.79 Å². The first-order valence-electron chi connectivity index (χ1n) is 13.6. The maximum absolute atomic E-state index is 13.9. The van der Waals surface area contributed by atoms with Crippen molar-refractivity contribution in [1.29, 1.82) is 0 Å². The number of amides is 1. The summed E-state index contributed by atoms with van der Waals surface area (Å²) in [6, 6.07) is 9.93. The van der Waals surface area contributed by atoms with E-state index in [0.29, 0.717) is 47.3 Å². The molecule has 5 rings (SSSR count). The normalized spacial score (nSPS) is 20.1. The van der Waals surface area contributed by atoms with E-state index in [1.807, 2.05) is 37.3 Å². The first kappa shape index (κ1) is 27.1. The molecular weight excluding hydrogens is 514 g/mol. The molecule has 1 N–H and O–H groups in total. The van der Waals surface area contributed by atoms with Crippen LogP contribution in [-0.2, 0) is 4.79 Å². The topological polar surface area (TPSA) is 86.6 Å². The molecule has 2 aromatic heterocycles. The summed E-state index contributed by atoms with van der Waals surface area (Å²) in [6.45, 7) is 16.0. The van der Waals surface area contributed by atoms with Crippen LogP contribution in [0.5, 0.6) is 0 Å². The standard InChI is InChI=1S/C29H36ClN7O2/c1-6-25(38)34-13-14-36(20(5)17-34)26-22-15-23(30)28(35-12-11-31-16-19(35)4)32-27(22)37(29(39)33-26)24-10-8-7-9-21(24)18(2)3/h6-10,15,18-20,31H,1,11-14,16-17H2,2-5H3/t19?,20-/m0/s1. The Balaban J connectivity index is 1.73. The Morgan fingerprint density at radius 2 is 1.85 bits per heavy atom. The quantitative estimate of drug-likeness (QED) is 0.487. The fourth-order valence-corrected chi connectivity index (χ4v) is 5.93. The Morgan fingerprint density at radius 3 is 2.54 bits per heavy atom. The van der Waals surface area contributed by atoms with Crippen LogP contribution in [0, 0.1) is 0 Å². The number of nitrogens with zero attached hydrogens (tertiary/aromatic N) is 6. The number of nitrogens with one attached hydrogen (secondary N) is 1. The van der Waals surface area contributed by atoms with Crippen LogP contribution in [0.3, 0.4) is 0 Å². The van der Waals surface area contributed by atoms with Gasteiger partial charge in [0, 0.05) is 51.4 Å². The third kappa shape index (κ3) is 5.01. The highest BCUT2D eigenvalue weighted by atomic mass is 35.5. The van der Waals surface area contributed by atoms with Crippen molar-refractivity contribution in [2.24, 2.45) is 0 Å². The molecule has 1 aromatic carbocycles. The van der Waals surface area contributed by atoms with Gasteiger partial charge in [-0.3, -0.25) is 4.79 Å². The number of anilines is 2. The van der Waals surface area contributed by atoms with Crippen LogP contribution in [-0.4, -0.2) is 76.7 Å². The Labute approximate surface area is 234 Å². The number of aromatic nitrogens is 3. The van der Waals surface area contributed by atoms with Crippen molar-refractivity contribution in [1.82, 2.24) is 24.8 Å². The van der Waals surface area contributed by atoms with Crippen LogP contribution in [0.1, 0.15) is 39.2 Å². The number of para-hydroxylation sites is 1. The molecule has 4 heterocycles. The zero-order valence-electron chi connectivity index (χ0n) is 23.0.